The summed E-state index contributed by atoms with van der Waals surface area (Å²) in [5.74, 6) is 0.147. The predicted octanol–water partition coefficient (Wildman–Crippen LogP) is 2.60. The number of ether oxygens (including phenoxy) is 1. The van der Waals surface area contributed by atoms with Gasteiger partial charge in [0.1, 0.15) is 0 Å². The van der Waals surface area contributed by atoms with Crippen LogP contribution in [0, 0.1) is 0 Å². The van der Waals surface area contributed by atoms with Crippen molar-refractivity contribution in [1.82, 2.24) is 5.32 Å². The van der Waals surface area contributed by atoms with E-state index in [2.05, 4.69) is 10.2 Å². The zero-order valence-electron chi connectivity index (χ0n) is 20.6. The second-order valence-electron chi connectivity index (χ2n) is 9.70. The molecule has 6 heteroatoms. The molecular formula is C30H34N3O3+. The van der Waals surface area contributed by atoms with Crippen molar-refractivity contribution in [3.8, 4) is 0 Å². The maximum absolute atomic E-state index is 13.6. The Bertz CT molecular complexity index is 1150. The predicted molar refractivity (Wildman–Crippen MR) is 140 cm³/mol. The molecule has 0 radical (unpaired) electrons. The van der Waals surface area contributed by atoms with E-state index >= 15 is 0 Å². The molecule has 3 aromatic rings. The van der Waals surface area contributed by atoms with Crippen LogP contribution in [0.4, 0.5) is 5.69 Å². The summed E-state index contributed by atoms with van der Waals surface area (Å²) in [6.45, 7) is 4.97. The van der Waals surface area contributed by atoms with Crippen molar-refractivity contribution in [2.75, 3.05) is 44.3 Å². The van der Waals surface area contributed by atoms with E-state index in [-0.39, 0.29) is 11.8 Å². The second kappa shape index (κ2) is 11.1. The highest BCUT2D eigenvalue weighted by Gasteiger charge is 2.46. The van der Waals surface area contributed by atoms with Gasteiger partial charge in [0.25, 0.3) is 0 Å². The first kappa shape index (κ1) is 24.2. The van der Waals surface area contributed by atoms with Crippen molar-refractivity contribution in [3.63, 3.8) is 0 Å². The lowest BCUT2D eigenvalue weighted by atomic mass is 9.72. The summed E-state index contributed by atoms with van der Waals surface area (Å²) in [4.78, 5) is 30.2. The molecule has 3 aromatic carbocycles. The molecule has 2 saturated heterocycles. The van der Waals surface area contributed by atoms with Crippen LogP contribution in [0.15, 0.2) is 84.9 Å². The maximum atomic E-state index is 13.6. The van der Waals surface area contributed by atoms with Gasteiger partial charge in [-0.15, -0.1) is 0 Å². The maximum Gasteiger partial charge on any atom is 0.344 e. The molecule has 0 aliphatic carbocycles. The molecular weight excluding hydrogens is 450 g/mol. The molecule has 2 fully saturated rings. The number of likely N-dealkylation sites (tertiary alicyclic amines) is 1. The molecule has 2 amide bonds. The second-order valence-corrected chi connectivity index (χ2v) is 9.70. The number of hydrogen-bond donors (Lipinski definition) is 2. The van der Waals surface area contributed by atoms with E-state index < -0.39 is 5.41 Å². The highest BCUT2D eigenvalue weighted by atomic mass is 16.5. The number of morpholine rings is 1. The summed E-state index contributed by atoms with van der Waals surface area (Å²) >= 11 is 0. The number of hydrogen-bond acceptors (Lipinski definition) is 4. The number of rotatable bonds is 6. The lowest BCUT2D eigenvalue weighted by molar-refractivity contribution is -0.821. The minimum Gasteiger partial charge on any atom is -0.378 e. The first-order valence-electron chi connectivity index (χ1n) is 12.9. The summed E-state index contributed by atoms with van der Waals surface area (Å²) in [6, 6.07) is 28.0. The van der Waals surface area contributed by atoms with Crippen LogP contribution >= 0.6 is 0 Å². The van der Waals surface area contributed by atoms with Gasteiger partial charge in [-0.3, -0.25) is 9.69 Å². The first-order chi connectivity index (χ1) is 17.7. The molecule has 6 nitrogen and oxygen atoms in total. The highest BCUT2D eigenvalue weighted by molar-refractivity contribution is 5.90. The van der Waals surface area contributed by atoms with E-state index in [1.807, 2.05) is 84.9 Å². The van der Waals surface area contributed by atoms with Gasteiger partial charge in [-0.05, 0) is 35.4 Å². The third kappa shape index (κ3) is 5.20. The van der Waals surface area contributed by atoms with Crippen LogP contribution in [0.1, 0.15) is 34.3 Å². The summed E-state index contributed by atoms with van der Waals surface area (Å²) < 4.78 is 5.44. The van der Waals surface area contributed by atoms with Gasteiger partial charge in [0.2, 0.25) is 5.91 Å². The number of benzene rings is 3. The standard InChI is InChI=1S/C30H33N3O3/c34-28(25-11-13-27(14-12-25)32-19-21-36-22-20-32)33-17-15-30(16-18-33,26-9-5-2-6-10-26)29(35)31-23-24-7-3-1-4-8-24/h1-14H,15-23H2,(H,31,35)/p+1. The van der Waals surface area contributed by atoms with Crippen LogP contribution in [0.3, 0.4) is 0 Å². The van der Waals surface area contributed by atoms with E-state index in [0.29, 0.717) is 32.5 Å². The van der Waals surface area contributed by atoms with Crippen molar-refractivity contribution < 1.29 is 19.2 Å². The normalized spacial score (nSPS) is 22.1. The lowest BCUT2D eigenvalue weighted by Gasteiger charge is -2.38. The van der Waals surface area contributed by atoms with E-state index in [9.17, 15) is 9.59 Å². The fraction of sp³-hybridized carbons (Fsp3) is 0.333. The zero-order chi connectivity index (χ0) is 24.8. The van der Waals surface area contributed by atoms with Gasteiger partial charge >= 0.3 is 5.91 Å². The smallest absolute Gasteiger partial charge is 0.344 e. The first-order valence-corrected chi connectivity index (χ1v) is 12.9. The van der Waals surface area contributed by atoms with E-state index in [1.165, 1.54) is 0 Å². The van der Waals surface area contributed by atoms with Crippen LogP contribution in [0.25, 0.3) is 0 Å². The molecule has 0 bridgehead atoms. The molecule has 186 valence electrons. The average Bonchev–Trinajstić information content (AvgIpc) is 2.97. The van der Waals surface area contributed by atoms with Crippen molar-refractivity contribution in [2.45, 2.75) is 24.8 Å². The minimum atomic E-state index is -0.625. The Hall–Kier alpha value is -3.48. The van der Waals surface area contributed by atoms with E-state index in [0.717, 1.165) is 53.6 Å². The Labute approximate surface area is 212 Å². The van der Waals surface area contributed by atoms with Gasteiger partial charge in [-0.2, -0.15) is 0 Å². The van der Waals surface area contributed by atoms with Crippen LogP contribution in [-0.4, -0.2) is 51.2 Å². The fourth-order valence-electron chi connectivity index (χ4n) is 5.41. The molecule has 0 aromatic heterocycles. The van der Waals surface area contributed by atoms with E-state index in [1.54, 1.807) is 0 Å². The number of nitrogens with zero attached hydrogens (tertiary/aromatic N) is 1. The van der Waals surface area contributed by atoms with Gasteiger partial charge in [-0.1, -0.05) is 60.7 Å². The Morgan fingerprint density at radius 3 is 2.08 bits per heavy atom. The fourth-order valence-corrected chi connectivity index (χ4v) is 5.41. The van der Waals surface area contributed by atoms with Gasteiger partial charge in [0.05, 0.1) is 37.3 Å². The molecule has 0 saturated carbocycles. The van der Waals surface area contributed by atoms with Crippen LogP contribution in [0.5, 0.6) is 0 Å². The average molecular weight is 485 g/mol. The van der Waals surface area contributed by atoms with Crippen LogP contribution in [0.2, 0.25) is 0 Å². The molecule has 2 N–H and O–H groups in total. The topological polar surface area (TPSA) is 63.1 Å². The Morgan fingerprint density at radius 2 is 1.44 bits per heavy atom. The number of quaternary nitrogens is 1. The van der Waals surface area contributed by atoms with Crippen molar-refractivity contribution in [3.05, 3.63) is 102 Å². The van der Waals surface area contributed by atoms with Crippen LogP contribution < -0.4 is 15.1 Å². The third-order valence-electron chi connectivity index (χ3n) is 7.59. The monoisotopic (exact) mass is 484 g/mol. The molecule has 2 aliphatic rings. The highest BCUT2D eigenvalue weighted by Crippen LogP contribution is 2.33. The molecule has 0 atom stereocenters. The van der Waals surface area contributed by atoms with Crippen molar-refractivity contribution >= 4 is 17.5 Å². The minimum absolute atomic E-state index is 0.0407. The van der Waals surface area contributed by atoms with Gasteiger partial charge in [0, 0.05) is 38.2 Å². The number of anilines is 1. The number of amides is 2. The largest absolute Gasteiger partial charge is 0.378 e. The molecule has 5 rings (SSSR count). The van der Waals surface area contributed by atoms with Gasteiger partial charge in [-0.25, -0.2) is 4.79 Å². The number of carbonyl (C=O) groups excluding carboxylic acids is 2. The zero-order valence-corrected chi connectivity index (χ0v) is 20.6. The van der Waals surface area contributed by atoms with Crippen molar-refractivity contribution in [2.24, 2.45) is 0 Å². The molecule has 2 aliphatic heterocycles. The Balaban J connectivity index is 1.27. The molecule has 2 heterocycles. The number of nitrogens with one attached hydrogen (secondary N) is 2. The quantitative estimate of drug-likeness (QED) is 0.565. The van der Waals surface area contributed by atoms with Gasteiger partial charge < -0.3 is 15.0 Å². The summed E-state index contributed by atoms with van der Waals surface area (Å²) in [5, 5.41) is 3.17. The summed E-state index contributed by atoms with van der Waals surface area (Å²) in [5.41, 5.74) is 3.33. The molecule has 0 unspecified atom stereocenters. The molecule has 0 spiro atoms. The molecule has 36 heavy (non-hydrogen) atoms. The lowest BCUT2D eigenvalue weighted by Crippen LogP contribution is -3.16. The summed E-state index contributed by atoms with van der Waals surface area (Å²) in [6.07, 6.45) is 1.26. The van der Waals surface area contributed by atoms with Crippen molar-refractivity contribution in [1.29, 1.82) is 0 Å². The number of carbonyl (C=O) groups is 2. The Morgan fingerprint density at radius 1 is 0.833 bits per heavy atom. The summed E-state index contributed by atoms with van der Waals surface area (Å²) in [7, 11) is 0. The van der Waals surface area contributed by atoms with Crippen LogP contribution in [-0.2, 0) is 21.5 Å². The Kier molecular flexibility index (Phi) is 7.44. The third-order valence-corrected chi connectivity index (χ3v) is 7.59. The van der Waals surface area contributed by atoms with E-state index in [4.69, 9.17) is 4.74 Å². The SMILES string of the molecule is O=C(c1ccc(N2CCOCC2)cc1)[NH+]1CCC(C(=O)NCc2ccccc2)(c2ccccc2)CC1. The number of piperidine rings is 1. The van der Waals surface area contributed by atoms with Gasteiger partial charge in [0.15, 0.2) is 0 Å².